The molecule has 0 aliphatic heterocycles. The Kier molecular flexibility index (Phi) is 4.21. The highest BCUT2D eigenvalue weighted by Gasteiger charge is 2.03. The molecule has 1 aromatic rings. The van der Waals surface area contributed by atoms with E-state index in [9.17, 15) is 4.79 Å². The monoisotopic (exact) mass is 208 g/mol. The van der Waals surface area contributed by atoms with Crippen LogP contribution in [0.2, 0.25) is 0 Å². The van der Waals surface area contributed by atoms with Gasteiger partial charge in [0.2, 0.25) is 0 Å². The van der Waals surface area contributed by atoms with Crippen LogP contribution in [-0.2, 0) is 11.2 Å². The first-order valence-electron chi connectivity index (χ1n) is 4.76. The Morgan fingerprint density at radius 3 is 2.64 bits per heavy atom. The van der Waals surface area contributed by atoms with Gasteiger partial charge in [0.1, 0.15) is 6.29 Å². The summed E-state index contributed by atoms with van der Waals surface area (Å²) >= 11 is 1.75. The molecule has 1 aromatic carbocycles. The second kappa shape index (κ2) is 5.20. The molecule has 0 aliphatic rings. The predicted molar refractivity (Wildman–Crippen MR) is 62.1 cm³/mol. The van der Waals surface area contributed by atoms with Gasteiger partial charge < -0.3 is 4.79 Å². The van der Waals surface area contributed by atoms with Crippen molar-refractivity contribution in [3.63, 3.8) is 0 Å². The first kappa shape index (κ1) is 11.3. The summed E-state index contributed by atoms with van der Waals surface area (Å²) in [5.41, 5.74) is 3.95. The van der Waals surface area contributed by atoms with Crippen LogP contribution in [0, 0.1) is 13.8 Å². The zero-order valence-electron chi connectivity index (χ0n) is 8.96. The Labute approximate surface area is 89.9 Å². The number of aryl methyl sites for hydroxylation is 2. The van der Waals surface area contributed by atoms with Gasteiger partial charge in [0.25, 0.3) is 0 Å². The molecule has 14 heavy (non-hydrogen) atoms. The Morgan fingerprint density at radius 1 is 1.36 bits per heavy atom. The molecule has 0 N–H and O–H groups in total. The van der Waals surface area contributed by atoms with E-state index in [-0.39, 0.29) is 0 Å². The Morgan fingerprint density at radius 2 is 2.07 bits per heavy atom. The molecule has 0 aliphatic carbocycles. The van der Waals surface area contributed by atoms with Crippen molar-refractivity contribution >= 4 is 18.0 Å². The van der Waals surface area contributed by atoms with Gasteiger partial charge in [-0.1, -0.05) is 0 Å². The maximum Gasteiger partial charge on any atom is 0.120 e. The molecule has 0 heterocycles. The maximum atomic E-state index is 10.3. The topological polar surface area (TPSA) is 17.1 Å². The molecule has 1 nitrogen and oxygen atoms in total. The van der Waals surface area contributed by atoms with Gasteiger partial charge in [-0.15, -0.1) is 11.8 Å². The van der Waals surface area contributed by atoms with Gasteiger partial charge in [-0.25, -0.2) is 0 Å². The van der Waals surface area contributed by atoms with Crippen molar-refractivity contribution in [3.05, 3.63) is 28.8 Å². The normalized spacial score (nSPS) is 10.2. The lowest BCUT2D eigenvalue weighted by molar-refractivity contribution is -0.107. The van der Waals surface area contributed by atoms with E-state index in [0.29, 0.717) is 6.42 Å². The van der Waals surface area contributed by atoms with Crippen LogP contribution in [0.4, 0.5) is 0 Å². The number of aldehydes is 1. The minimum atomic E-state index is 0.623. The highest BCUT2D eigenvalue weighted by Crippen LogP contribution is 2.23. The van der Waals surface area contributed by atoms with E-state index in [1.54, 1.807) is 11.8 Å². The molecule has 0 bridgehead atoms. The number of thioether (sulfide) groups is 1. The van der Waals surface area contributed by atoms with Crippen LogP contribution >= 0.6 is 11.8 Å². The first-order chi connectivity index (χ1) is 6.69. The van der Waals surface area contributed by atoms with E-state index in [2.05, 4.69) is 32.2 Å². The highest BCUT2D eigenvalue weighted by molar-refractivity contribution is 7.98. The second-order valence-corrected chi connectivity index (χ2v) is 4.31. The number of benzene rings is 1. The largest absolute Gasteiger partial charge is 0.303 e. The number of carbonyl (C=O) groups excluding carboxylic acids is 1. The van der Waals surface area contributed by atoms with Gasteiger partial charge in [-0.05, 0) is 55.3 Å². The highest BCUT2D eigenvalue weighted by atomic mass is 32.2. The van der Waals surface area contributed by atoms with E-state index in [1.807, 2.05) is 0 Å². The minimum Gasteiger partial charge on any atom is -0.303 e. The van der Waals surface area contributed by atoms with Gasteiger partial charge in [0, 0.05) is 11.3 Å². The van der Waals surface area contributed by atoms with Crippen LogP contribution in [0.25, 0.3) is 0 Å². The van der Waals surface area contributed by atoms with Crippen molar-refractivity contribution in [3.8, 4) is 0 Å². The maximum absolute atomic E-state index is 10.3. The van der Waals surface area contributed by atoms with Gasteiger partial charge in [-0.2, -0.15) is 0 Å². The van der Waals surface area contributed by atoms with Gasteiger partial charge in [-0.3, -0.25) is 0 Å². The van der Waals surface area contributed by atoms with Crippen molar-refractivity contribution in [2.75, 3.05) is 6.26 Å². The average molecular weight is 208 g/mol. The molecule has 0 saturated heterocycles. The van der Waals surface area contributed by atoms with E-state index in [0.717, 1.165) is 12.7 Å². The molecule has 2 heteroatoms. The zero-order valence-corrected chi connectivity index (χ0v) is 9.78. The number of rotatable bonds is 4. The molecule has 0 spiro atoms. The van der Waals surface area contributed by atoms with Gasteiger partial charge in [0.05, 0.1) is 0 Å². The van der Waals surface area contributed by atoms with Crippen LogP contribution in [0.15, 0.2) is 17.0 Å². The van der Waals surface area contributed by atoms with Crippen molar-refractivity contribution in [2.45, 2.75) is 31.6 Å². The summed E-state index contributed by atoms with van der Waals surface area (Å²) in [5, 5.41) is 0. The molecular weight excluding hydrogens is 192 g/mol. The summed E-state index contributed by atoms with van der Waals surface area (Å²) in [6, 6.07) is 4.39. The molecule has 0 radical (unpaired) electrons. The van der Waals surface area contributed by atoms with Crippen molar-refractivity contribution in [1.82, 2.24) is 0 Å². The quantitative estimate of drug-likeness (QED) is 0.558. The Bertz CT molecular complexity index is 331. The molecule has 0 atom stereocenters. The van der Waals surface area contributed by atoms with Crippen LogP contribution < -0.4 is 0 Å². The lowest BCUT2D eigenvalue weighted by Crippen LogP contribution is -1.94. The standard InChI is InChI=1S/C12H16OS/c1-9-7-12(14-3)8-11(10(9)2)5-4-6-13/h6-8H,4-5H2,1-3H3. The average Bonchev–Trinajstić information content (AvgIpc) is 2.20. The fourth-order valence-corrected chi connectivity index (χ4v) is 2.04. The summed E-state index contributed by atoms with van der Waals surface area (Å²) in [6.45, 7) is 4.25. The third-order valence-electron chi connectivity index (χ3n) is 2.52. The van der Waals surface area contributed by atoms with E-state index >= 15 is 0 Å². The van der Waals surface area contributed by atoms with Crippen LogP contribution in [-0.4, -0.2) is 12.5 Å². The van der Waals surface area contributed by atoms with Gasteiger partial charge >= 0.3 is 0 Å². The lowest BCUT2D eigenvalue weighted by Gasteiger charge is -2.09. The Balaban J connectivity index is 3.00. The number of hydrogen-bond acceptors (Lipinski definition) is 2. The van der Waals surface area contributed by atoms with Crippen molar-refractivity contribution in [2.24, 2.45) is 0 Å². The van der Waals surface area contributed by atoms with E-state index in [1.165, 1.54) is 21.6 Å². The van der Waals surface area contributed by atoms with Gasteiger partial charge in [0.15, 0.2) is 0 Å². The number of hydrogen-bond donors (Lipinski definition) is 0. The summed E-state index contributed by atoms with van der Waals surface area (Å²) in [6.07, 6.45) is 4.55. The summed E-state index contributed by atoms with van der Waals surface area (Å²) < 4.78 is 0. The smallest absolute Gasteiger partial charge is 0.120 e. The second-order valence-electron chi connectivity index (χ2n) is 3.43. The lowest BCUT2D eigenvalue weighted by atomic mass is 10.00. The summed E-state index contributed by atoms with van der Waals surface area (Å²) in [4.78, 5) is 11.6. The predicted octanol–water partition coefficient (Wildman–Crippen LogP) is 3.16. The van der Waals surface area contributed by atoms with E-state index < -0.39 is 0 Å². The fourth-order valence-electron chi connectivity index (χ4n) is 1.49. The van der Waals surface area contributed by atoms with E-state index in [4.69, 9.17) is 0 Å². The molecule has 0 saturated carbocycles. The first-order valence-corrected chi connectivity index (χ1v) is 5.99. The molecule has 0 fully saturated rings. The third-order valence-corrected chi connectivity index (χ3v) is 3.22. The summed E-state index contributed by atoms with van der Waals surface area (Å²) in [7, 11) is 0. The molecule has 76 valence electrons. The molecule has 0 aromatic heterocycles. The fraction of sp³-hybridized carbons (Fsp3) is 0.417. The van der Waals surface area contributed by atoms with Crippen molar-refractivity contribution < 1.29 is 4.79 Å². The van der Waals surface area contributed by atoms with Crippen LogP contribution in [0.1, 0.15) is 23.1 Å². The molecule has 0 unspecified atom stereocenters. The molecule has 0 amide bonds. The van der Waals surface area contributed by atoms with Crippen LogP contribution in [0.5, 0.6) is 0 Å². The van der Waals surface area contributed by atoms with Crippen LogP contribution in [0.3, 0.4) is 0 Å². The third kappa shape index (κ3) is 2.61. The van der Waals surface area contributed by atoms with Crippen molar-refractivity contribution in [1.29, 1.82) is 0 Å². The Hall–Kier alpha value is -0.760. The molecular formula is C12H16OS. The zero-order chi connectivity index (χ0) is 10.6. The SMILES string of the molecule is CSc1cc(C)c(C)c(CCC=O)c1. The minimum absolute atomic E-state index is 0.623. The number of carbonyl (C=O) groups is 1. The molecule has 1 rings (SSSR count). The summed E-state index contributed by atoms with van der Waals surface area (Å²) in [5.74, 6) is 0.